The minimum Gasteiger partial charge on any atom is -0.384 e. The summed E-state index contributed by atoms with van der Waals surface area (Å²) in [5.41, 5.74) is 6.37. The van der Waals surface area contributed by atoms with Crippen LogP contribution in [-0.2, 0) is 13.1 Å². The second-order valence-corrected chi connectivity index (χ2v) is 5.65. The Hall–Kier alpha value is -2.90. The SMILES string of the molecule is CCCn1c(=O)c2[nH]c(-c3ccc(N)nc3)nc2n(CCC)c1=O. The summed E-state index contributed by atoms with van der Waals surface area (Å²) in [6.07, 6.45) is 3.06. The molecule has 8 nitrogen and oxygen atoms in total. The van der Waals surface area contributed by atoms with E-state index in [1.165, 1.54) is 4.57 Å². The number of aromatic amines is 1. The first-order valence-electron chi connectivity index (χ1n) is 8.02. The Kier molecular flexibility index (Phi) is 4.20. The number of aryl methyl sites for hydroxylation is 1. The average molecular weight is 328 g/mol. The molecule has 0 aliphatic rings. The molecule has 0 saturated carbocycles. The molecule has 0 unspecified atom stereocenters. The number of anilines is 1. The maximum absolute atomic E-state index is 12.6. The highest BCUT2D eigenvalue weighted by atomic mass is 16.2. The third-order valence-electron chi connectivity index (χ3n) is 3.82. The largest absolute Gasteiger partial charge is 0.384 e. The van der Waals surface area contributed by atoms with Crippen molar-refractivity contribution in [3.63, 3.8) is 0 Å². The lowest BCUT2D eigenvalue weighted by molar-refractivity contribution is 0.555. The topological polar surface area (TPSA) is 112 Å². The standard InChI is InChI=1S/C16H20N6O2/c1-3-7-21-14-12(15(23)22(8-4-2)16(21)24)19-13(20-14)10-5-6-11(17)18-9-10/h5-6,9H,3-4,7-8H2,1-2H3,(H2,17,18)(H,19,20). The van der Waals surface area contributed by atoms with Gasteiger partial charge in [0.25, 0.3) is 5.56 Å². The monoisotopic (exact) mass is 328 g/mol. The maximum atomic E-state index is 12.6. The van der Waals surface area contributed by atoms with Crippen molar-refractivity contribution in [2.24, 2.45) is 0 Å². The summed E-state index contributed by atoms with van der Waals surface area (Å²) in [7, 11) is 0. The van der Waals surface area contributed by atoms with Crippen LogP contribution in [0.25, 0.3) is 22.6 Å². The van der Waals surface area contributed by atoms with Gasteiger partial charge >= 0.3 is 5.69 Å². The zero-order chi connectivity index (χ0) is 17.3. The van der Waals surface area contributed by atoms with Gasteiger partial charge in [0.2, 0.25) is 0 Å². The highest BCUT2D eigenvalue weighted by molar-refractivity contribution is 5.75. The number of hydrogen-bond acceptors (Lipinski definition) is 5. The van der Waals surface area contributed by atoms with Crippen molar-refractivity contribution in [1.29, 1.82) is 0 Å². The van der Waals surface area contributed by atoms with Gasteiger partial charge in [-0.15, -0.1) is 0 Å². The number of imidazole rings is 1. The van der Waals surface area contributed by atoms with Gasteiger partial charge in [-0.3, -0.25) is 13.9 Å². The van der Waals surface area contributed by atoms with Crippen LogP contribution in [0.3, 0.4) is 0 Å². The zero-order valence-corrected chi connectivity index (χ0v) is 13.7. The fraction of sp³-hybridized carbons (Fsp3) is 0.375. The van der Waals surface area contributed by atoms with Gasteiger partial charge in [-0.1, -0.05) is 13.8 Å². The molecule has 0 saturated heterocycles. The van der Waals surface area contributed by atoms with Crippen LogP contribution in [0, 0.1) is 0 Å². The summed E-state index contributed by atoms with van der Waals surface area (Å²) in [6, 6.07) is 3.43. The fourth-order valence-electron chi connectivity index (χ4n) is 2.69. The summed E-state index contributed by atoms with van der Waals surface area (Å²) < 4.78 is 2.82. The number of rotatable bonds is 5. The smallest absolute Gasteiger partial charge is 0.332 e. The summed E-state index contributed by atoms with van der Waals surface area (Å²) in [5.74, 6) is 0.899. The van der Waals surface area contributed by atoms with Crippen LogP contribution in [-0.4, -0.2) is 24.1 Å². The molecule has 0 amide bonds. The molecule has 3 N–H and O–H groups in total. The predicted octanol–water partition coefficient (Wildman–Crippen LogP) is 1.35. The number of pyridine rings is 1. The number of hydrogen-bond donors (Lipinski definition) is 2. The van der Waals surface area contributed by atoms with Crippen LogP contribution in [0.2, 0.25) is 0 Å². The molecule has 3 aromatic rings. The van der Waals surface area contributed by atoms with Crippen molar-refractivity contribution < 1.29 is 0 Å². The normalized spacial score (nSPS) is 11.2. The number of H-pyrrole nitrogens is 1. The van der Waals surface area contributed by atoms with Gasteiger partial charge in [-0.05, 0) is 25.0 Å². The van der Waals surface area contributed by atoms with Gasteiger partial charge in [0.15, 0.2) is 5.65 Å². The van der Waals surface area contributed by atoms with E-state index in [1.807, 2.05) is 13.8 Å². The Labute approximate surface area is 138 Å². The van der Waals surface area contributed by atoms with E-state index in [2.05, 4.69) is 15.0 Å². The van der Waals surface area contributed by atoms with Crippen molar-refractivity contribution in [2.45, 2.75) is 39.8 Å². The van der Waals surface area contributed by atoms with Crippen molar-refractivity contribution in [2.75, 3.05) is 5.73 Å². The van der Waals surface area contributed by atoms with Crippen molar-refractivity contribution in [3.8, 4) is 11.4 Å². The summed E-state index contributed by atoms with van der Waals surface area (Å²) in [4.78, 5) is 36.8. The Bertz CT molecular complexity index is 981. The molecule has 0 spiro atoms. The molecule has 0 aromatic carbocycles. The molecule has 0 radical (unpaired) electrons. The lowest BCUT2D eigenvalue weighted by atomic mass is 10.3. The first kappa shape index (κ1) is 16.0. The minimum absolute atomic E-state index is 0.315. The molecule has 3 aromatic heterocycles. The van der Waals surface area contributed by atoms with Crippen LogP contribution in [0.4, 0.5) is 5.82 Å². The quantitative estimate of drug-likeness (QED) is 0.734. The summed E-state index contributed by atoms with van der Waals surface area (Å²) in [6.45, 7) is 4.79. The predicted molar refractivity (Wildman–Crippen MR) is 92.8 cm³/mol. The van der Waals surface area contributed by atoms with Gasteiger partial charge in [0.05, 0.1) is 0 Å². The van der Waals surface area contributed by atoms with E-state index < -0.39 is 0 Å². The maximum Gasteiger partial charge on any atom is 0.332 e. The third kappa shape index (κ3) is 2.60. The number of nitrogens with zero attached hydrogens (tertiary/aromatic N) is 4. The number of fused-ring (bicyclic) bond motifs is 1. The first-order chi connectivity index (χ1) is 11.6. The second-order valence-electron chi connectivity index (χ2n) is 5.65. The van der Waals surface area contributed by atoms with Crippen molar-refractivity contribution in [3.05, 3.63) is 39.2 Å². The van der Waals surface area contributed by atoms with Gasteiger partial charge in [0, 0.05) is 24.8 Å². The lowest BCUT2D eigenvalue weighted by Crippen LogP contribution is -2.40. The van der Waals surface area contributed by atoms with E-state index >= 15 is 0 Å². The van der Waals surface area contributed by atoms with Crippen LogP contribution >= 0.6 is 0 Å². The minimum atomic E-state index is -0.341. The van der Waals surface area contributed by atoms with E-state index in [-0.39, 0.29) is 11.2 Å². The number of nitrogens with two attached hydrogens (primary N) is 1. The van der Waals surface area contributed by atoms with Crippen LogP contribution in [0.5, 0.6) is 0 Å². The Balaban J connectivity index is 2.29. The molecule has 0 aliphatic carbocycles. The molecule has 24 heavy (non-hydrogen) atoms. The number of aromatic nitrogens is 5. The molecular formula is C16H20N6O2. The molecule has 3 heterocycles. The van der Waals surface area contributed by atoms with Crippen molar-refractivity contribution >= 4 is 17.0 Å². The van der Waals surface area contributed by atoms with E-state index in [1.54, 1.807) is 22.9 Å². The van der Waals surface area contributed by atoms with Crippen LogP contribution < -0.4 is 17.0 Å². The average Bonchev–Trinajstić information content (AvgIpc) is 3.01. The molecule has 0 atom stereocenters. The first-order valence-corrected chi connectivity index (χ1v) is 8.02. The Morgan fingerprint density at radius 2 is 1.83 bits per heavy atom. The van der Waals surface area contributed by atoms with E-state index in [4.69, 9.17) is 5.73 Å². The summed E-state index contributed by atoms with van der Waals surface area (Å²) >= 11 is 0. The fourth-order valence-corrected chi connectivity index (χ4v) is 2.69. The lowest BCUT2D eigenvalue weighted by Gasteiger charge is -2.09. The van der Waals surface area contributed by atoms with Gasteiger partial charge in [-0.25, -0.2) is 14.8 Å². The van der Waals surface area contributed by atoms with E-state index in [0.717, 1.165) is 6.42 Å². The van der Waals surface area contributed by atoms with E-state index in [9.17, 15) is 9.59 Å². The number of nitrogen functional groups attached to an aromatic ring is 1. The highest BCUT2D eigenvalue weighted by Gasteiger charge is 2.17. The molecule has 0 bridgehead atoms. The Morgan fingerprint density at radius 3 is 2.46 bits per heavy atom. The molecule has 0 fully saturated rings. The van der Waals surface area contributed by atoms with Gasteiger partial charge in [0.1, 0.15) is 17.2 Å². The van der Waals surface area contributed by atoms with Crippen molar-refractivity contribution in [1.82, 2.24) is 24.1 Å². The van der Waals surface area contributed by atoms with Crippen LogP contribution in [0.15, 0.2) is 27.9 Å². The van der Waals surface area contributed by atoms with Crippen LogP contribution in [0.1, 0.15) is 26.7 Å². The number of nitrogens with one attached hydrogen (secondary N) is 1. The highest BCUT2D eigenvalue weighted by Crippen LogP contribution is 2.18. The molecule has 8 heteroatoms. The second kappa shape index (κ2) is 6.31. The Morgan fingerprint density at radius 1 is 1.12 bits per heavy atom. The van der Waals surface area contributed by atoms with E-state index in [0.29, 0.717) is 47.9 Å². The molecule has 0 aliphatic heterocycles. The molecule has 3 rings (SSSR count). The molecular weight excluding hydrogens is 308 g/mol. The van der Waals surface area contributed by atoms with Gasteiger partial charge in [-0.2, -0.15) is 0 Å². The third-order valence-corrected chi connectivity index (χ3v) is 3.82. The zero-order valence-electron chi connectivity index (χ0n) is 13.7. The molecule has 126 valence electrons. The van der Waals surface area contributed by atoms with Gasteiger partial charge < -0.3 is 10.7 Å². The summed E-state index contributed by atoms with van der Waals surface area (Å²) in [5, 5.41) is 0.